The number of aromatic nitrogens is 1. The van der Waals surface area contributed by atoms with Crippen molar-refractivity contribution in [3.8, 4) is 0 Å². The molecule has 1 saturated heterocycles. The molecule has 0 bridgehead atoms. The molecule has 1 aromatic heterocycles. The van der Waals surface area contributed by atoms with Gasteiger partial charge in [0.15, 0.2) is 0 Å². The van der Waals surface area contributed by atoms with E-state index >= 15 is 0 Å². The lowest BCUT2D eigenvalue weighted by Gasteiger charge is -2.37. The van der Waals surface area contributed by atoms with Crippen LogP contribution in [0, 0.1) is 11.7 Å². The van der Waals surface area contributed by atoms with E-state index in [0.29, 0.717) is 30.6 Å². The fourth-order valence-electron chi connectivity index (χ4n) is 2.67. The van der Waals surface area contributed by atoms with Crippen molar-refractivity contribution in [1.29, 1.82) is 0 Å². The maximum atomic E-state index is 13.1. The highest BCUT2D eigenvalue weighted by Gasteiger charge is 2.28. The highest BCUT2D eigenvalue weighted by atomic mass is 19.1. The zero-order valence-corrected chi connectivity index (χ0v) is 12.1. The van der Waals surface area contributed by atoms with Gasteiger partial charge in [0.05, 0.1) is 11.8 Å². The quantitative estimate of drug-likeness (QED) is 0.917. The van der Waals surface area contributed by atoms with Gasteiger partial charge in [-0.3, -0.25) is 9.78 Å². The fraction of sp³-hybridized carbons (Fsp3) is 0.600. The summed E-state index contributed by atoms with van der Waals surface area (Å²) >= 11 is 0. The molecule has 20 heavy (non-hydrogen) atoms. The third kappa shape index (κ3) is 3.54. The Hall–Kier alpha value is -1.49. The molecule has 2 heterocycles. The Morgan fingerprint density at radius 3 is 3.00 bits per heavy atom. The second-order valence-corrected chi connectivity index (χ2v) is 5.47. The Labute approximate surface area is 119 Å². The summed E-state index contributed by atoms with van der Waals surface area (Å²) in [4.78, 5) is 17.9. The molecule has 1 aromatic rings. The number of hydrogen-bond donors (Lipinski definition) is 1. The topological polar surface area (TPSA) is 45.2 Å². The number of carbonyl (C=O) groups excluding carboxylic acids is 1. The molecule has 0 spiro atoms. The summed E-state index contributed by atoms with van der Waals surface area (Å²) in [6.45, 7) is 6.72. The van der Waals surface area contributed by atoms with Crippen molar-refractivity contribution in [2.24, 2.45) is 5.92 Å². The Morgan fingerprint density at radius 2 is 2.35 bits per heavy atom. The fourth-order valence-corrected chi connectivity index (χ4v) is 2.67. The van der Waals surface area contributed by atoms with E-state index in [9.17, 15) is 9.18 Å². The Balaban J connectivity index is 1.97. The molecule has 4 nitrogen and oxygen atoms in total. The van der Waals surface area contributed by atoms with Gasteiger partial charge in [0.1, 0.15) is 5.82 Å². The van der Waals surface area contributed by atoms with Crippen LogP contribution in [0.25, 0.3) is 0 Å². The third-order valence-corrected chi connectivity index (χ3v) is 3.80. The maximum absolute atomic E-state index is 13.1. The van der Waals surface area contributed by atoms with Crippen LogP contribution in [0.4, 0.5) is 4.39 Å². The van der Waals surface area contributed by atoms with Crippen molar-refractivity contribution >= 4 is 5.91 Å². The van der Waals surface area contributed by atoms with Gasteiger partial charge in [0.25, 0.3) is 5.91 Å². The van der Waals surface area contributed by atoms with E-state index in [0.717, 1.165) is 25.6 Å². The molecule has 5 heteroatoms. The molecule has 1 N–H and O–H groups in total. The first kappa shape index (κ1) is 14.9. The molecule has 0 saturated carbocycles. The largest absolute Gasteiger partial charge is 0.338 e. The summed E-state index contributed by atoms with van der Waals surface area (Å²) in [7, 11) is 0. The van der Waals surface area contributed by atoms with Crippen molar-refractivity contribution < 1.29 is 9.18 Å². The number of amides is 1. The third-order valence-electron chi connectivity index (χ3n) is 3.80. The second kappa shape index (κ2) is 6.79. The van der Waals surface area contributed by atoms with Gasteiger partial charge in [-0.15, -0.1) is 0 Å². The van der Waals surface area contributed by atoms with Gasteiger partial charge < -0.3 is 10.2 Å². The van der Waals surface area contributed by atoms with Crippen LogP contribution in [0.3, 0.4) is 0 Å². The molecule has 0 aromatic carbocycles. The van der Waals surface area contributed by atoms with E-state index in [2.05, 4.69) is 24.1 Å². The van der Waals surface area contributed by atoms with Crippen LogP contribution in [0.5, 0.6) is 0 Å². The van der Waals surface area contributed by atoms with Crippen LogP contribution in [0.2, 0.25) is 0 Å². The van der Waals surface area contributed by atoms with Crippen molar-refractivity contribution in [2.75, 3.05) is 19.6 Å². The van der Waals surface area contributed by atoms with Crippen molar-refractivity contribution in [1.82, 2.24) is 15.2 Å². The van der Waals surface area contributed by atoms with Crippen molar-refractivity contribution in [3.05, 3.63) is 29.8 Å². The number of halogens is 1. The van der Waals surface area contributed by atoms with E-state index in [4.69, 9.17) is 0 Å². The normalized spacial score (nSPS) is 22.9. The average Bonchev–Trinajstić information content (AvgIpc) is 2.45. The average molecular weight is 279 g/mol. The number of hydrogen-bond acceptors (Lipinski definition) is 3. The first-order chi connectivity index (χ1) is 9.61. The molecular weight excluding hydrogens is 257 g/mol. The first-order valence-electron chi connectivity index (χ1n) is 7.25. The zero-order valence-electron chi connectivity index (χ0n) is 12.1. The number of carbonyl (C=O) groups is 1. The van der Waals surface area contributed by atoms with Crippen molar-refractivity contribution in [3.63, 3.8) is 0 Å². The molecule has 2 rings (SSSR count). The summed E-state index contributed by atoms with van der Waals surface area (Å²) in [5, 5.41) is 3.52. The Kier molecular flexibility index (Phi) is 5.06. The molecule has 0 aliphatic carbocycles. The van der Waals surface area contributed by atoms with E-state index in [1.165, 1.54) is 12.3 Å². The Bertz CT molecular complexity index is 466. The lowest BCUT2D eigenvalue weighted by atomic mass is 9.93. The Morgan fingerprint density at radius 1 is 1.55 bits per heavy atom. The van der Waals surface area contributed by atoms with E-state index in [1.54, 1.807) is 4.90 Å². The molecule has 2 atom stereocenters. The van der Waals surface area contributed by atoms with Crippen LogP contribution in [-0.2, 0) is 0 Å². The van der Waals surface area contributed by atoms with Gasteiger partial charge >= 0.3 is 0 Å². The van der Waals surface area contributed by atoms with Gasteiger partial charge in [-0.25, -0.2) is 4.39 Å². The van der Waals surface area contributed by atoms with Crippen LogP contribution in [0.15, 0.2) is 18.5 Å². The zero-order chi connectivity index (χ0) is 14.5. The molecular formula is C15H22FN3O. The maximum Gasteiger partial charge on any atom is 0.255 e. The SMILES string of the molecule is CCCNC1CCN(C(=O)c2cncc(F)c2)CC1C. The number of rotatable bonds is 4. The smallest absolute Gasteiger partial charge is 0.255 e. The summed E-state index contributed by atoms with van der Waals surface area (Å²) < 4.78 is 13.1. The van der Waals surface area contributed by atoms with Crippen LogP contribution in [0.1, 0.15) is 37.0 Å². The van der Waals surface area contributed by atoms with Crippen molar-refractivity contribution in [2.45, 2.75) is 32.7 Å². The molecule has 1 amide bonds. The number of nitrogens with one attached hydrogen (secondary N) is 1. The molecule has 0 radical (unpaired) electrons. The van der Waals surface area contributed by atoms with Gasteiger partial charge in [-0.05, 0) is 31.4 Å². The second-order valence-electron chi connectivity index (χ2n) is 5.47. The number of pyridine rings is 1. The predicted molar refractivity (Wildman–Crippen MR) is 76.0 cm³/mol. The molecule has 110 valence electrons. The van der Waals surface area contributed by atoms with Crippen LogP contribution < -0.4 is 5.32 Å². The number of piperidine rings is 1. The summed E-state index contributed by atoms with van der Waals surface area (Å²) in [6, 6.07) is 1.71. The lowest BCUT2D eigenvalue weighted by molar-refractivity contribution is 0.0644. The number of nitrogens with zero attached hydrogens (tertiary/aromatic N) is 2. The summed E-state index contributed by atoms with van der Waals surface area (Å²) in [5.74, 6) is -0.193. The highest BCUT2D eigenvalue weighted by molar-refractivity contribution is 5.94. The standard InChI is InChI=1S/C15H22FN3O/c1-3-5-18-14-4-6-19(10-11(14)2)15(20)12-7-13(16)9-17-8-12/h7-9,11,14,18H,3-6,10H2,1-2H3. The molecule has 1 aliphatic heterocycles. The highest BCUT2D eigenvalue weighted by Crippen LogP contribution is 2.19. The monoisotopic (exact) mass is 279 g/mol. The predicted octanol–water partition coefficient (Wildman–Crippen LogP) is 2.07. The van der Waals surface area contributed by atoms with E-state index < -0.39 is 5.82 Å². The van der Waals surface area contributed by atoms with Gasteiger partial charge in [-0.2, -0.15) is 0 Å². The molecule has 1 aliphatic rings. The van der Waals surface area contributed by atoms with Gasteiger partial charge in [0, 0.05) is 25.3 Å². The minimum absolute atomic E-state index is 0.127. The minimum Gasteiger partial charge on any atom is -0.338 e. The summed E-state index contributed by atoms with van der Waals surface area (Å²) in [5.41, 5.74) is 0.331. The van der Waals surface area contributed by atoms with Crippen LogP contribution in [-0.4, -0.2) is 41.5 Å². The van der Waals surface area contributed by atoms with Gasteiger partial charge in [0.2, 0.25) is 0 Å². The minimum atomic E-state index is -0.469. The van der Waals surface area contributed by atoms with E-state index in [1.807, 2.05) is 0 Å². The first-order valence-corrected chi connectivity index (χ1v) is 7.25. The molecule has 2 unspecified atom stereocenters. The van der Waals surface area contributed by atoms with Gasteiger partial charge in [-0.1, -0.05) is 13.8 Å². The number of likely N-dealkylation sites (tertiary alicyclic amines) is 1. The lowest BCUT2D eigenvalue weighted by Crippen LogP contribution is -2.50. The van der Waals surface area contributed by atoms with E-state index in [-0.39, 0.29) is 5.91 Å². The summed E-state index contributed by atoms with van der Waals surface area (Å²) in [6.07, 6.45) is 4.59. The van der Waals surface area contributed by atoms with Crippen LogP contribution >= 0.6 is 0 Å². The molecule has 1 fully saturated rings.